The van der Waals surface area contributed by atoms with Gasteiger partial charge >= 0.3 is 5.97 Å². The Kier molecular flexibility index (Phi) is 4.85. The second-order valence-corrected chi connectivity index (χ2v) is 6.77. The average molecular weight is 270 g/mol. The fraction of sp³-hybridized carbons (Fsp3) is 0.933. The van der Waals surface area contributed by atoms with Crippen molar-refractivity contribution in [2.24, 2.45) is 23.7 Å². The van der Waals surface area contributed by atoms with E-state index in [2.05, 4.69) is 20.8 Å². The van der Waals surface area contributed by atoms with Gasteiger partial charge in [-0.2, -0.15) is 0 Å². The summed E-state index contributed by atoms with van der Waals surface area (Å²) in [5, 5.41) is 9.25. The maximum absolute atomic E-state index is 11.3. The Morgan fingerprint density at radius 1 is 1.21 bits per heavy atom. The summed E-state index contributed by atoms with van der Waals surface area (Å²) in [6, 6.07) is 0. The number of carboxylic acids is 1. The molecular formula is C15H26O4. The molecule has 0 spiro atoms. The van der Waals surface area contributed by atoms with Crippen LogP contribution in [-0.4, -0.2) is 23.3 Å². The fourth-order valence-corrected chi connectivity index (χ4v) is 3.41. The maximum Gasteiger partial charge on any atom is 0.309 e. The molecule has 0 amide bonds. The number of hydrogen-bond donors (Lipinski definition) is 1. The Bertz CT molecular complexity index is 315. The Morgan fingerprint density at radius 2 is 1.95 bits per heavy atom. The van der Waals surface area contributed by atoms with E-state index in [1.54, 1.807) is 0 Å². The molecule has 110 valence electrons. The molecule has 3 fully saturated rings. The van der Waals surface area contributed by atoms with Crippen LogP contribution in [0.3, 0.4) is 0 Å². The van der Waals surface area contributed by atoms with E-state index in [4.69, 9.17) is 9.78 Å². The van der Waals surface area contributed by atoms with Crippen LogP contribution in [0.5, 0.6) is 0 Å². The summed E-state index contributed by atoms with van der Waals surface area (Å²) in [5.74, 6) is 0.588. The molecule has 4 nitrogen and oxygen atoms in total. The predicted octanol–water partition coefficient (Wildman–Crippen LogP) is 3.26. The van der Waals surface area contributed by atoms with Crippen LogP contribution in [0, 0.1) is 23.7 Å². The molecule has 1 N–H and O–H groups in total. The van der Waals surface area contributed by atoms with Gasteiger partial charge in [-0.1, -0.05) is 33.6 Å². The van der Waals surface area contributed by atoms with Crippen molar-refractivity contribution in [2.45, 2.75) is 65.1 Å². The highest BCUT2D eigenvalue weighted by molar-refractivity contribution is 5.71. The molecule has 2 aliphatic heterocycles. The number of hydrogen-bond acceptors (Lipinski definition) is 3. The summed E-state index contributed by atoms with van der Waals surface area (Å²) in [6.45, 7) is 6.75. The van der Waals surface area contributed by atoms with Crippen molar-refractivity contribution in [1.82, 2.24) is 0 Å². The standard InChI is InChI=1S/C15H26O4/c1-9(2)4-5-10(3)6-11-7-12-8-13(15(16)17)14(11)19-18-12/h9-14H,4-8H2,1-3H3,(H,16,17). The number of fused-ring (bicyclic) bond motifs is 3. The molecule has 1 saturated carbocycles. The SMILES string of the molecule is CC(C)CCC(C)CC1CC2CC(C(=O)O)C1OO2. The molecular weight excluding hydrogens is 244 g/mol. The van der Waals surface area contributed by atoms with Gasteiger partial charge in [-0.25, -0.2) is 9.78 Å². The summed E-state index contributed by atoms with van der Waals surface area (Å²) in [4.78, 5) is 21.8. The van der Waals surface area contributed by atoms with Crippen molar-refractivity contribution < 1.29 is 19.7 Å². The highest BCUT2D eigenvalue weighted by Gasteiger charge is 2.48. The molecule has 0 aromatic rings. The lowest BCUT2D eigenvalue weighted by molar-refractivity contribution is -0.420. The van der Waals surface area contributed by atoms with Gasteiger partial charge in [0.25, 0.3) is 0 Å². The van der Waals surface area contributed by atoms with E-state index in [0.29, 0.717) is 18.3 Å². The normalized spacial score (nSPS) is 35.6. The first-order chi connectivity index (χ1) is 8.97. The zero-order valence-electron chi connectivity index (χ0n) is 12.2. The molecule has 1 aliphatic carbocycles. The summed E-state index contributed by atoms with van der Waals surface area (Å²) in [7, 11) is 0. The van der Waals surface area contributed by atoms with Crippen molar-refractivity contribution in [2.75, 3.05) is 0 Å². The van der Waals surface area contributed by atoms with Crippen LogP contribution in [0.1, 0.15) is 52.9 Å². The van der Waals surface area contributed by atoms with E-state index in [9.17, 15) is 9.90 Å². The molecule has 0 aromatic heterocycles. The Hall–Kier alpha value is -0.610. The number of aliphatic carboxylic acids is 1. The van der Waals surface area contributed by atoms with Crippen molar-refractivity contribution in [3.63, 3.8) is 0 Å². The fourth-order valence-electron chi connectivity index (χ4n) is 3.41. The molecule has 3 aliphatic rings. The highest BCUT2D eigenvalue weighted by Crippen LogP contribution is 2.42. The van der Waals surface area contributed by atoms with Gasteiger partial charge in [0.2, 0.25) is 0 Å². The summed E-state index contributed by atoms with van der Waals surface area (Å²) >= 11 is 0. The number of rotatable bonds is 6. The Morgan fingerprint density at radius 3 is 2.53 bits per heavy atom. The topological polar surface area (TPSA) is 55.8 Å². The Balaban J connectivity index is 1.88. The average Bonchev–Trinajstić information content (AvgIpc) is 2.36. The van der Waals surface area contributed by atoms with Gasteiger partial charge in [-0.15, -0.1) is 0 Å². The molecule has 19 heavy (non-hydrogen) atoms. The molecule has 4 heteroatoms. The lowest BCUT2D eigenvalue weighted by atomic mass is 9.72. The smallest absolute Gasteiger partial charge is 0.309 e. The van der Waals surface area contributed by atoms with Crippen LogP contribution < -0.4 is 0 Å². The summed E-state index contributed by atoms with van der Waals surface area (Å²) in [6.07, 6.45) is 4.81. The lowest BCUT2D eigenvalue weighted by Gasteiger charge is -2.44. The molecule has 2 saturated heterocycles. The van der Waals surface area contributed by atoms with E-state index in [0.717, 1.165) is 18.8 Å². The van der Waals surface area contributed by atoms with Gasteiger partial charge < -0.3 is 5.11 Å². The van der Waals surface area contributed by atoms with E-state index in [1.165, 1.54) is 12.8 Å². The molecule has 2 bridgehead atoms. The van der Waals surface area contributed by atoms with Crippen molar-refractivity contribution in [3.8, 4) is 0 Å². The maximum atomic E-state index is 11.3. The van der Waals surface area contributed by atoms with Crippen LogP contribution in [-0.2, 0) is 14.6 Å². The number of carbonyl (C=O) groups is 1. The van der Waals surface area contributed by atoms with Crippen LogP contribution >= 0.6 is 0 Å². The van der Waals surface area contributed by atoms with Crippen molar-refractivity contribution in [3.05, 3.63) is 0 Å². The van der Waals surface area contributed by atoms with Gasteiger partial charge in [0.1, 0.15) is 6.10 Å². The van der Waals surface area contributed by atoms with E-state index >= 15 is 0 Å². The van der Waals surface area contributed by atoms with Gasteiger partial charge in [-0.05, 0) is 37.0 Å². The van der Waals surface area contributed by atoms with Crippen LogP contribution in [0.4, 0.5) is 0 Å². The third-order valence-electron chi connectivity index (χ3n) is 4.51. The van der Waals surface area contributed by atoms with E-state index in [-0.39, 0.29) is 18.1 Å². The molecule has 5 unspecified atom stereocenters. The van der Waals surface area contributed by atoms with Gasteiger partial charge in [-0.3, -0.25) is 4.79 Å². The Labute approximate surface area is 115 Å². The van der Waals surface area contributed by atoms with Crippen molar-refractivity contribution >= 4 is 5.97 Å². The van der Waals surface area contributed by atoms with E-state index in [1.807, 2.05) is 0 Å². The summed E-state index contributed by atoms with van der Waals surface area (Å²) in [5.41, 5.74) is 0. The quantitative estimate of drug-likeness (QED) is 0.753. The van der Waals surface area contributed by atoms with Crippen LogP contribution in [0.15, 0.2) is 0 Å². The van der Waals surface area contributed by atoms with Gasteiger partial charge in [0, 0.05) is 0 Å². The third-order valence-corrected chi connectivity index (χ3v) is 4.51. The van der Waals surface area contributed by atoms with Crippen LogP contribution in [0.25, 0.3) is 0 Å². The molecule has 0 radical (unpaired) electrons. The third kappa shape index (κ3) is 3.69. The van der Waals surface area contributed by atoms with Gasteiger partial charge in [0.05, 0.1) is 12.0 Å². The second-order valence-electron chi connectivity index (χ2n) is 6.77. The van der Waals surface area contributed by atoms with Crippen LogP contribution in [0.2, 0.25) is 0 Å². The largest absolute Gasteiger partial charge is 0.481 e. The minimum Gasteiger partial charge on any atom is -0.481 e. The minimum absolute atomic E-state index is 0.0200. The number of carboxylic acid groups (broad SMARTS) is 1. The zero-order chi connectivity index (χ0) is 14.0. The predicted molar refractivity (Wildman–Crippen MR) is 71.4 cm³/mol. The first-order valence-corrected chi connectivity index (χ1v) is 7.52. The van der Waals surface area contributed by atoms with E-state index < -0.39 is 5.97 Å². The molecule has 0 aromatic carbocycles. The first kappa shape index (κ1) is 14.8. The summed E-state index contributed by atoms with van der Waals surface area (Å²) < 4.78 is 0. The minimum atomic E-state index is -0.738. The van der Waals surface area contributed by atoms with Crippen molar-refractivity contribution in [1.29, 1.82) is 0 Å². The highest BCUT2D eigenvalue weighted by atomic mass is 17.2. The molecule has 2 heterocycles. The second kappa shape index (κ2) is 6.23. The lowest BCUT2D eigenvalue weighted by Crippen LogP contribution is -2.51. The molecule has 5 atom stereocenters. The zero-order valence-corrected chi connectivity index (χ0v) is 12.2. The van der Waals surface area contributed by atoms with Gasteiger partial charge in [0.15, 0.2) is 0 Å². The molecule has 3 rings (SSSR count). The first-order valence-electron chi connectivity index (χ1n) is 7.52. The monoisotopic (exact) mass is 270 g/mol.